The third kappa shape index (κ3) is 2.11. The van der Waals surface area contributed by atoms with Crippen LogP contribution >= 0.6 is 11.8 Å². The van der Waals surface area contributed by atoms with Gasteiger partial charge in [0, 0.05) is 10.5 Å². The number of hydrogen-bond donors (Lipinski definition) is 0. The Kier molecular flexibility index (Phi) is 2.89. The van der Waals surface area contributed by atoms with Crippen molar-refractivity contribution in [3.05, 3.63) is 29.8 Å². The Morgan fingerprint density at radius 2 is 2.33 bits per heavy atom. The van der Waals surface area contributed by atoms with Crippen LogP contribution in [-0.2, 0) is 0 Å². The Morgan fingerprint density at radius 1 is 1.58 bits per heavy atom. The fourth-order valence-corrected chi connectivity index (χ4v) is 1.27. The molecule has 0 saturated heterocycles. The zero-order chi connectivity index (χ0) is 8.97. The van der Waals surface area contributed by atoms with Gasteiger partial charge in [0.1, 0.15) is 5.40 Å². The lowest BCUT2D eigenvalue weighted by atomic mass is 10.2. The average Bonchev–Trinajstić information content (AvgIpc) is 2.05. The van der Waals surface area contributed by atoms with Crippen LogP contribution in [0.2, 0.25) is 0 Å². The Labute approximate surface area is 75.2 Å². The first-order chi connectivity index (χ1) is 5.74. The highest BCUT2D eigenvalue weighted by atomic mass is 32.2. The summed E-state index contributed by atoms with van der Waals surface area (Å²) in [5, 5.41) is 10.3. The summed E-state index contributed by atoms with van der Waals surface area (Å²) in [5.74, 6) is 0.0235. The van der Waals surface area contributed by atoms with Crippen LogP contribution in [0.4, 0.5) is 0 Å². The molecule has 0 aliphatic carbocycles. The third-order valence-electron chi connectivity index (χ3n) is 1.40. The van der Waals surface area contributed by atoms with Crippen molar-refractivity contribution < 1.29 is 4.79 Å². The molecule has 0 N–H and O–H groups in total. The standard InChI is InChI=1S/C9H7NOS/c1-7(11)8-3-2-4-9(5-8)12-6-10/h2-5H,1H3. The van der Waals surface area contributed by atoms with Crippen molar-refractivity contribution in [3.8, 4) is 5.40 Å². The van der Waals surface area contributed by atoms with E-state index in [0.717, 1.165) is 16.7 Å². The van der Waals surface area contributed by atoms with Crippen molar-refractivity contribution in [1.29, 1.82) is 5.26 Å². The second kappa shape index (κ2) is 3.93. The number of hydrogen-bond acceptors (Lipinski definition) is 3. The predicted molar refractivity (Wildman–Crippen MR) is 47.9 cm³/mol. The molecule has 0 atom stereocenters. The van der Waals surface area contributed by atoms with E-state index in [0.29, 0.717) is 5.56 Å². The maximum absolute atomic E-state index is 10.9. The van der Waals surface area contributed by atoms with E-state index in [1.165, 1.54) is 6.92 Å². The summed E-state index contributed by atoms with van der Waals surface area (Å²) in [7, 11) is 0. The van der Waals surface area contributed by atoms with Gasteiger partial charge in [-0.3, -0.25) is 4.79 Å². The van der Waals surface area contributed by atoms with Crippen LogP contribution < -0.4 is 0 Å². The monoisotopic (exact) mass is 177 g/mol. The first-order valence-electron chi connectivity index (χ1n) is 3.41. The largest absolute Gasteiger partial charge is 0.295 e. The number of rotatable bonds is 2. The predicted octanol–water partition coefficient (Wildman–Crippen LogP) is 2.46. The lowest BCUT2D eigenvalue weighted by Crippen LogP contribution is -1.90. The lowest BCUT2D eigenvalue weighted by Gasteiger charge is -1.96. The van der Waals surface area contributed by atoms with Crippen LogP contribution in [0.25, 0.3) is 0 Å². The van der Waals surface area contributed by atoms with Gasteiger partial charge >= 0.3 is 0 Å². The van der Waals surface area contributed by atoms with E-state index in [9.17, 15) is 4.79 Å². The summed E-state index contributed by atoms with van der Waals surface area (Å²) in [4.78, 5) is 11.7. The highest BCUT2D eigenvalue weighted by Gasteiger charge is 1.99. The van der Waals surface area contributed by atoms with Gasteiger partial charge in [-0.15, -0.1) is 0 Å². The van der Waals surface area contributed by atoms with Crippen LogP contribution in [0.3, 0.4) is 0 Å². The van der Waals surface area contributed by atoms with Crippen molar-refractivity contribution in [3.63, 3.8) is 0 Å². The van der Waals surface area contributed by atoms with Gasteiger partial charge in [0.15, 0.2) is 5.78 Å². The van der Waals surface area contributed by atoms with Crippen LogP contribution in [-0.4, -0.2) is 5.78 Å². The van der Waals surface area contributed by atoms with Gasteiger partial charge in [-0.05, 0) is 30.8 Å². The van der Waals surface area contributed by atoms with Crippen molar-refractivity contribution in [2.45, 2.75) is 11.8 Å². The highest BCUT2D eigenvalue weighted by molar-refractivity contribution is 8.03. The molecule has 0 radical (unpaired) electrons. The summed E-state index contributed by atoms with van der Waals surface area (Å²) in [6.45, 7) is 1.51. The van der Waals surface area contributed by atoms with E-state index >= 15 is 0 Å². The normalized spacial score (nSPS) is 9.00. The minimum Gasteiger partial charge on any atom is -0.295 e. The minimum absolute atomic E-state index is 0.0235. The number of ketones is 1. The molecule has 0 heterocycles. The van der Waals surface area contributed by atoms with E-state index in [1.807, 2.05) is 5.40 Å². The second-order valence-corrected chi connectivity index (χ2v) is 3.14. The number of carbonyl (C=O) groups excluding carboxylic acids is 1. The van der Waals surface area contributed by atoms with Gasteiger partial charge in [-0.25, -0.2) is 0 Å². The summed E-state index contributed by atoms with van der Waals surface area (Å²) in [6.07, 6.45) is 0. The molecule has 2 nitrogen and oxygen atoms in total. The first-order valence-corrected chi connectivity index (χ1v) is 4.22. The molecular weight excluding hydrogens is 170 g/mol. The molecule has 0 spiro atoms. The smallest absolute Gasteiger partial charge is 0.159 e. The van der Waals surface area contributed by atoms with Crippen LogP contribution in [0, 0.1) is 10.7 Å². The molecule has 1 aromatic rings. The van der Waals surface area contributed by atoms with E-state index in [1.54, 1.807) is 24.3 Å². The van der Waals surface area contributed by atoms with Crippen molar-refractivity contribution in [2.24, 2.45) is 0 Å². The molecule has 1 rings (SSSR count). The van der Waals surface area contributed by atoms with Gasteiger partial charge in [0.2, 0.25) is 0 Å². The number of benzene rings is 1. The van der Waals surface area contributed by atoms with E-state index < -0.39 is 0 Å². The van der Waals surface area contributed by atoms with Gasteiger partial charge in [0.25, 0.3) is 0 Å². The summed E-state index contributed by atoms with van der Waals surface area (Å²) in [5.41, 5.74) is 0.648. The Hall–Kier alpha value is -1.27. The molecule has 0 aliphatic rings. The van der Waals surface area contributed by atoms with Gasteiger partial charge in [-0.1, -0.05) is 12.1 Å². The summed E-state index contributed by atoms with van der Waals surface area (Å²) < 4.78 is 0. The second-order valence-electron chi connectivity index (χ2n) is 2.28. The molecule has 1 aromatic carbocycles. The number of thioether (sulfide) groups is 1. The Morgan fingerprint density at radius 3 is 2.92 bits per heavy atom. The molecule has 0 bridgehead atoms. The Balaban J connectivity index is 2.97. The molecule has 0 amide bonds. The molecule has 0 saturated carbocycles. The fraction of sp³-hybridized carbons (Fsp3) is 0.111. The van der Waals surface area contributed by atoms with E-state index in [4.69, 9.17) is 5.26 Å². The fourth-order valence-electron chi connectivity index (χ4n) is 0.831. The zero-order valence-corrected chi connectivity index (χ0v) is 7.39. The molecule has 3 heteroatoms. The van der Waals surface area contributed by atoms with Crippen LogP contribution in [0.1, 0.15) is 17.3 Å². The maximum Gasteiger partial charge on any atom is 0.159 e. The SMILES string of the molecule is CC(=O)c1cccc(SC#N)c1. The lowest BCUT2D eigenvalue weighted by molar-refractivity contribution is 0.101. The van der Waals surface area contributed by atoms with Crippen molar-refractivity contribution >= 4 is 17.5 Å². The van der Waals surface area contributed by atoms with Crippen molar-refractivity contribution in [1.82, 2.24) is 0 Å². The summed E-state index contributed by atoms with van der Waals surface area (Å²) in [6, 6.07) is 7.04. The topological polar surface area (TPSA) is 40.9 Å². The van der Waals surface area contributed by atoms with Crippen LogP contribution in [0.15, 0.2) is 29.2 Å². The number of carbonyl (C=O) groups is 1. The van der Waals surface area contributed by atoms with E-state index in [-0.39, 0.29) is 5.78 Å². The third-order valence-corrected chi connectivity index (χ3v) is 1.98. The maximum atomic E-state index is 10.9. The van der Waals surface area contributed by atoms with Gasteiger partial charge < -0.3 is 0 Å². The van der Waals surface area contributed by atoms with E-state index in [2.05, 4.69) is 0 Å². The minimum atomic E-state index is 0.0235. The highest BCUT2D eigenvalue weighted by Crippen LogP contribution is 2.17. The molecule has 0 fully saturated rings. The zero-order valence-electron chi connectivity index (χ0n) is 6.57. The van der Waals surface area contributed by atoms with Gasteiger partial charge in [0.05, 0.1) is 0 Å². The number of nitrogens with zero attached hydrogens (tertiary/aromatic N) is 1. The quantitative estimate of drug-likeness (QED) is 0.396. The first kappa shape index (κ1) is 8.82. The molecule has 12 heavy (non-hydrogen) atoms. The molecule has 0 unspecified atom stereocenters. The molecular formula is C9H7NOS. The Bertz CT molecular complexity index is 341. The molecule has 0 aliphatic heterocycles. The number of nitriles is 1. The summed E-state index contributed by atoms with van der Waals surface area (Å²) >= 11 is 1.06. The van der Waals surface area contributed by atoms with Crippen LogP contribution in [0.5, 0.6) is 0 Å². The molecule has 60 valence electrons. The number of Topliss-reactive ketones (excluding diaryl/α,β-unsaturated/α-hetero) is 1. The van der Waals surface area contributed by atoms with Gasteiger partial charge in [-0.2, -0.15) is 5.26 Å². The average molecular weight is 177 g/mol. The number of thiocyanates is 1. The van der Waals surface area contributed by atoms with Crippen molar-refractivity contribution in [2.75, 3.05) is 0 Å². The molecule has 0 aromatic heterocycles.